The lowest BCUT2D eigenvalue weighted by Gasteiger charge is -2.15. The van der Waals surface area contributed by atoms with Crippen molar-refractivity contribution < 1.29 is 13.5 Å². The van der Waals surface area contributed by atoms with E-state index in [-0.39, 0.29) is 13.0 Å². The average Bonchev–Trinajstić information content (AvgIpc) is 2.12. The number of alkyl halides is 2. The molecule has 1 rings (SSSR count). The third kappa shape index (κ3) is 4.03. The van der Waals surface area contributed by atoms with Crippen LogP contribution in [-0.2, 0) is 4.74 Å². The Hall–Kier alpha value is -0.180. The lowest BCUT2D eigenvalue weighted by molar-refractivity contribution is -0.0692. The van der Waals surface area contributed by atoms with E-state index in [0.29, 0.717) is 24.9 Å². The average molecular weight is 192 g/mol. The van der Waals surface area contributed by atoms with Gasteiger partial charge in [-0.05, 0) is 24.7 Å². The molecule has 78 valence electrons. The van der Waals surface area contributed by atoms with Crippen LogP contribution in [0.5, 0.6) is 0 Å². The monoisotopic (exact) mass is 192 g/mol. The quantitative estimate of drug-likeness (QED) is 0.653. The first-order chi connectivity index (χ1) is 5.99. The summed E-state index contributed by atoms with van der Waals surface area (Å²) in [5, 5.41) is 0. The standard InChI is InChI=1S/C10H18F2O/c1-8(2)5-9-3-4-10(11,12)7-13-6-9/h8-9H,3-7H2,1-2H3. The van der Waals surface area contributed by atoms with Crippen LogP contribution in [-0.4, -0.2) is 19.1 Å². The van der Waals surface area contributed by atoms with Crippen LogP contribution >= 0.6 is 0 Å². The fourth-order valence-electron chi connectivity index (χ4n) is 1.80. The van der Waals surface area contributed by atoms with Gasteiger partial charge < -0.3 is 4.74 Å². The summed E-state index contributed by atoms with van der Waals surface area (Å²) in [6.07, 6.45) is 1.59. The minimum Gasteiger partial charge on any atom is -0.375 e. The molecule has 3 heteroatoms. The molecule has 0 aromatic rings. The highest BCUT2D eigenvalue weighted by atomic mass is 19.3. The van der Waals surface area contributed by atoms with Crippen molar-refractivity contribution in [1.82, 2.24) is 0 Å². The molecule has 0 aromatic heterocycles. The van der Waals surface area contributed by atoms with Gasteiger partial charge in [0, 0.05) is 13.0 Å². The zero-order valence-electron chi connectivity index (χ0n) is 8.35. The minimum absolute atomic E-state index is 0.00954. The molecule has 0 aliphatic carbocycles. The fourth-order valence-corrected chi connectivity index (χ4v) is 1.80. The molecule has 0 bridgehead atoms. The molecule has 0 saturated carbocycles. The third-order valence-electron chi connectivity index (χ3n) is 2.39. The predicted molar refractivity (Wildman–Crippen MR) is 47.9 cm³/mol. The maximum absolute atomic E-state index is 12.9. The van der Waals surface area contributed by atoms with Crippen LogP contribution in [0.25, 0.3) is 0 Å². The Morgan fingerprint density at radius 2 is 2.15 bits per heavy atom. The van der Waals surface area contributed by atoms with E-state index in [1.807, 2.05) is 0 Å². The van der Waals surface area contributed by atoms with E-state index in [0.717, 1.165) is 6.42 Å². The zero-order chi connectivity index (χ0) is 9.90. The molecule has 0 amide bonds. The van der Waals surface area contributed by atoms with Crippen LogP contribution in [0.4, 0.5) is 8.78 Å². The molecule has 1 unspecified atom stereocenters. The van der Waals surface area contributed by atoms with Crippen molar-refractivity contribution >= 4 is 0 Å². The Bertz CT molecular complexity index is 157. The van der Waals surface area contributed by atoms with Crippen LogP contribution in [0.3, 0.4) is 0 Å². The van der Waals surface area contributed by atoms with Gasteiger partial charge in [-0.3, -0.25) is 0 Å². The van der Waals surface area contributed by atoms with Crippen LogP contribution in [0.2, 0.25) is 0 Å². The van der Waals surface area contributed by atoms with Crippen molar-refractivity contribution in [2.45, 2.75) is 39.0 Å². The molecule has 1 aliphatic rings. The summed E-state index contributed by atoms with van der Waals surface area (Å²) in [6.45, 7) is 4.35. The van der Waals surface area contributed by atoms with Gasteiger partial charge in [-0.1, -0.05) is 13.8 Å². The predicted octanol–water partition coefficient (Wildman–Crippen LogP) is 3.09. The highest BCUT2D eigenvalue weighted by Crippen LogP contribution is 2.29. The summed E-state index contributed by atoms with van der Waals surface area (Å²) < 4.78 is 30.7. The van der Waals surface area contributed by atoms with Crippen LogP contribution in [0.1, 0.15) is 33.1 Å². The summed E-state index contributed by atoms with van der Waals surface area (Å²) in [5.74, 6) is -1.69. The smallest absolute Gasteiger partial charge is 0.271 e. The van der Waals surface area contributed by atoms with E-state index in [9.17, 15) is 8.78 Å². The van der Waals surface area contributed by atoms with Crippen molar-refractivity contribution in [2.75, 3.05) is 13.2 Å². The van der Waals surface area contributed by atoms with Crippen molar-refractivity contribution in [3.05, 3.63) is 0 Å². The molecule has 0 radical (unpaired) electrons. The Morgan fingerprint density at radius 3 is 2.77 bits per heavy atom. The molecule has 1 aliphatic heterocycles. The number of ether oxygens (including phenoxy) is 1. The van der Waals surface area contributed by atoms with Gasteiger partial charge in [0.2, 0.25) is 0 Å². The molecule has 13 heavy (non-hydrogen) atoms. The first-order valence-electron chi connectivity index (χ1n) is 4.95. The van der Waals surface area contributed by atoms with Gasteiger partial charge in [-0.2, -0.15) is 0 Å². The van der Waals surface area contributed by atoms with Gasteiger partial charge in [0.15, 0.2) is 0 Å². The van der Waals surface area contributed by atoms with Gasteiger partial charge in [0.25, 0.3) is 5.92 Å². The third-order valence-corrected chi connectivity index (χ3v) is 2.39. The van der Waals surface area contributed by atoms with Gasteiger partial charge >= 0.3 is 0 Å². The molecule has 1 fully saturated rings. The molecule has 0 aromatic carbocycles. The van der Waals surface area contributed by atoms with Gasteiger partial charge in [0.05, 0.1) is 0 Å². The topological polar surface area (TPSA) is 9.23 Å². The highest BCUT2D eigenvalue weighted by Gasteiger charge is 2.33. The molecule has 1 saturated heterocycles. The zero-order valence-corrected chi connectivity index (χ0v) is 8.35. The van der Waals surface area contributed by atoms with Gasteiger partial charge in [0.1, 0.15) is 6.61 Å². The SMILES string of the molecule is CC(C)CC1CCC(F)(F)COC1. The van der Waals surface area contributed by atoms with Crippen molar-refractivity contribution in [3.63, 3.8) is 0 Å². The first-order valence-corrected chi connectivity index (χ1v) is 4.95. The van der Waals surface area contributed by atoms with Crippen LogP contribution in [0, 0.1) is 11.8 Å². The number of halogens is 2. The van der Waals surface area contributed by atoms with Crippen molar-refractivity contribution in [2.24, 2.45) is 11.8 Å². The Balaban J connectivity index is 2.36. The maximum Gasteiger partial charge on any atom is 0.271 e. The van der Waals surface area contributed by atoms with Crippen molar-refractivity contribution in [1.29, 1.82) is 0 Å². The summed E-state index contributed by atoms with van der Waals surface area (Å²) in [4.78, 5) is 0. The second-order valence-electron chi connectivity index (χ2n) is 4.41. The van der Waals surface area contributed by atoms with Crippen LogP contribution in [0.15, 0.2) is 0 Å². The molecule has 0 spiro atoms. The number of hydrogen-bond acceptors (Lipinski definition) is 1. The Kier molecular flexibility index (Phi) is 3.65. The lowest BCUT2D eigenvalue weighted by atomic mass is 9.93. The van der Waals surface area contributed by atoms with Crippen molar-refractivity contribution in [3.8, 4) is 0 Å². The molecular formula is C10H18F2O. The lowest BCUT2D eigenvalue weighted by Crippen LogP contribution is -2.20. The number of rotatable bonds is 2. The molecule has 0 N–H and O–H groups in total. The summed E-state index contributed by atoms with van der Waals surface area (Å²) >= 11 is 0. The van der Waals surface area contributed by atoms with E-state index in [2.05, 4.69) is 13.8 Å². The number of hydrogen-bond donors (Lipinski definition) is 0. The second kappa shape index (κ2) is 4.36. The van der Waals surface area contributed by atoms with E-state index < -0.39 is 5.92 Å². The molecule has 1 nitrogen and oxygen atoms in total. The summed E-state index contributed by atoms with van der Waals surface area (Å²) in [6, 6.07) is 0. The largest absolute Gasteiger partial charge is 0.375 e. The summed E-state index contributed by atoms with van der Waals surface area (Å²) in [5.41, 5.74) is 0. The second-order valence-corrected chi connectivity index (χ2v) is 4.41. The fraction of sp³-hybridized carbons (Fsp3) is 1.00. The van der Waals surface area contributed by atoms with Crippen LogP contribution < -0.4 is 0 Å². The van der Waals surface area contributed by atoms with E-state index in [1.54, 1.807) is 0 Å². The van der Waals surface area contributed by atoms with E-state index in [1.165, 1.54) is 0 Å². The Morgan fingerprint density at radius 1 is 1.46 bits per heavy atom. The Labute approximate surface area is 78.5 Å². The van der Waals surface area contributed by atoms with E-state index in [4.69, 9.17) is 4.74 Å². The normalized spacial score (nSPS) is 28.8. The molecule has 1 atom stereocenters. The molecular weight excluding hydrogens is 174 g/mol. The van der Waals surface area contributed by atoms with Gasteiger partial charge in [-0.15, -0.1) is 0 Å². The first kappa shape index (κ1) is 10.9. The summed E-state index contributed by atoms with van der Waals surface area (Å²) in [7, 11) is 0. The molecule has 1 heterocycles. The highest BCUT2D eigenvalue weighted by molar-refractivity contribution is 4.73. The minimum atomic E-state index is -2.59. The van der Waals surface area contributed by atoms with E-state index >= 15 is 0 Å². The van der Waals surface area contributed by atoms with Gasteiger partial charge in [-0.25, -0.2) is 8.78 Å². The maximum atomic E-state index is 12.9.